The predicted molar refractivity (Wildman–Crippen MR) is 201 cm³/mol. The first kappa shape index (κ1) is 28.1. The summed E-state index contributed by atoms with van der Waals surface area (Å²) >= 11 is 0. The molecular weight excluding hydrogens is 615 g/mol. The highest BCUT2D eigenvalue weighted by Crippen LogP contribution is 2.43. The average molecular weight is 642 g/mol. The van der Waals surface area contributed by atoms with Crippen LogP contribution >= 0.6 is 0 Å². The molecule has 10 rings (SSSR count). The van der Waals surface area contributed by atoms with Gasteiger partial charge in [-0.1, -0.05) is 109 Å². The van der Waals surface area contributed by atoms with Crippen LogP contribution < -0.4 is 0 Å². The minimum absolute atomic E-state index is 0.558. The van der Waals surface area contributed by atoms with Crippen molar-refractivity contribution in [1.29, 1.82) is 0 Å². The van der Waals surface area contributed by atoms with Crippen LogP contribution in [-0.2, 0) is 0 Å². The third kappa shape index (κ3) is 4.50. The molecule has 0 aliphatic heterocycles. The van der Waals surface area contributed by atoms with Crippen LogP contribution in [0.5, 0.6) is 0 Å². The van der Waals surface area contributed by atoms with Gasteiger partial charge in [-0.05, 0) is 48.0 Å². The molecule has 0 bridgehead atoms. The molecule has 6 heteroatoms. The molecule has 0 unspecified atom stereocenters. The Morgan fingerprint density at radius 3 is 1.78 bits per heavy atom. The fourth-order valence-electron chi connectivity index (χ4n) is 7.05. The van der Waals surface area contributed by atoms with Gasteiger partial charge in [-0.3, -0.25) is 4.98 Å². The Kier molecular flexibility index (Phi) is 6.39. The van der Waals surface area contributed by atoms with Crippen LogP contribution in [0.3, 0.4) is 0 Å². The van der Waals surface area contributed by atoms with E-state index in [1.807, 2.05) is 79.0 Å². The van der Waals surface area contributed by atoms with E-state index >= 15 is 0 Å². The van der Waals surface area contributed by atoms with Crippen molar-refractivity contribution >= 4 is 43.7 Å². The van der Waals surface area contributed by atoms with Crippen molar-refractivity contribution in [2.24, 2.45) is 0 Å². The Balaban J connectivity index is 1.29. The molecule has 50 heavy (non-hydrogen) atoms. The summed E-state index contributed by atoms with van der Waals surface area (Å²) in [7, 11) is 0. The van der Waals surface area contributed by atoms with E-state index in [1.54, 1.807) is 6.20 Å². The normalized spacial score (nSPS) is 11.6. The van der Waals surface area contributed by atoms with Crippen molar-refractivity contribution in [3.05, 3.63) is 164 Å². The molecule has 234 valence electrons. The van der Waals surface area contributed by atoms with Crippen molar-refractivity contribution in [2.75, 3.05) is 0 Å². The summed E-state index contributed by atoms with van der Waals surface area (Å²) in [5, 5.41) is 4.36. The van der Waals surface area contributed by atoms with Crippen molar-refractivity contribution < 1.29 is 4.42 Å². The van der Waals surface area contributed by atoms with Crippen LogP contribution in [0.2, 0.25) is 0 Å². The monoisotopic (exact) mass is 641 g/mol. The van der Waals surface area contributed by atoms with Gasteiger partial charge in [-0.25, -0.2) is 15.0 Å². The molecule has 0 fully saturated rings. The second-order valence-electron chi connectivity index (χ2n) is 12.3. The third-order valence-corrected chi connectivity index (χ3v) is 9.34. The SMILES string of the molecule is c1ccc(-c2nc(-c3ccccc3)nc(-c3cc4oc5c(ccc6c7ccccc7n(-c7ccccc7)c65)c4cc3-c3cccnc3)n2)cc1. The molecule has 0 amide bonds. The summed E-state index contributed by atoms with van der Waals surface area (Å²) in [6, 6.07) is 51.8. The van der Waals surface area contributed by atoms with E-state index in [1.165, 1.54) is 5.39 Å². The topological polar surface area (TPSA) is 69.6 Å². The first-order valence-corrected chi connectivity index (χ1v) is 16.6. The fourth-order valence-corrected chi connectivity index (χ4v) is 7.05. The van der Waals surface area contributed by atoms with E-state index in [2.05, 4.69) is 88.4 Å². The van der Waals surface area contributed by atoms with E-state index in [9.17, 15) is 0 Å². The minimum atomic E-state index is 0.558. The molecule has 6 aromatic carbocycles. The lowest BCUT2D eigenvalue weighted by molar-refractivity contribution is 0.671. The van der Waals surface area contributed by atoms with Crippen LogP contribution in [0, 0.1) is 0 Å². The number of fused-ring (bicyclic) bond motifs is 7. The highest BCUT2D eigenvalue weighted by atomic mass is 16.3. The van der Waals surface area contributed by atoms with Crippen LogP contribution in [-0.4, -0.2) is 24.5 Å². The Morgan fingerprint density at radius 1 is 0.460 bits per heavy atom. The molecular formula is C44H27N5O. The zero-order valence-electron chi connectivity index (χ0n) is 26.7. The molecule has 0 N–H and O–H groups in total. The third-order valence-electron chi connectivity index (χ3n) is 9.34. The van der Waals surface area contributed by atoms with Crippen LogP contribution in [0.25, 0.3) is 94.7 Å². The molecule has 0 aliphatic rings. The lowest BCUT2D eigenvalue weighted by Gasteiger charge is -2.12. The largest absolute Gasteiger partial charge is 0.454 e. The van der Waals surface area contributed by atoms with E-state index < -0.39 is 0 Å². The summed E-state index contributed by atoms with van der Waals surface area (Å²) in [6.45, 7) is 0. The minimum Gasteiger partial charge on any atom is -0.454 e. The second kappa shape index (κ2) is 11.4. The van der Waals surface area contributed by atoms with Crippen LogP contribution in [0.4, 0.5) is 0 Å². The van der Waals surface area contributed by atoms with Crippen molar-refractivity contribution in [1.82, 2.24) is 24.5 Å². The zero-order valence-corrected chi connectivity index (χ0v) is 26.7. The van der Waals surface area contributed by atoms with Gasteiger partial charge in [0.05, 0.1) is 11.0 Å². The van der Waals surface area contributed by atoms with Gasteiger partial charge in [0.25, 0.3) is 0 Å². The van der Waals surface area contributed by atoms with Gasteiger partial charge in [0.15, 0.2) is 23.1 Å². The number of hydrogen-bond donors (Lipinski definition) is 0. The highest BCUT2D eigenvalue weighted by molar-refractivity contribution is 6.22. The van der Waals surface area contributed by atoms with Gasteiger partial charge in [-0.2, -0.15) is 0 Å². The maximum atomic E-state index is 6.93. The summed E-state index contributed by atoms with van der Waals surface area (Å²) in [4.78, 5) is 19.6. The summed E-state index contributed by atoms with van der Waals surface area (Å²) < 4.78 is 9.24. The van der Waals surface area contributed by atoms with E-state index in [-0.39, 0.29) is 0 Å². The van der Waals surface area contributed by atoms with Gasteiger partial charge < -0.3 is 8.98 Å². The van der Waals surface area contributed by atoms with Gasteiger partial charge >= 0.3 is 0 Å². The van der Waals surface area contributed by atoms with Crippen molar-refractivity contribution in [3.8, 4) is 51.0 Å². The Bertz CT molecular complexity index is 2790. The maximum Gasteiger partial charge on any atom is 0.164 e. The van der Waals surface area contributed by atoms with Gasteiger partial charge in [0, 0.05) is 61.9 Å². The molecule has 0 saturated heterocycles. The number of furan rings is 1. The lowest BCUT2D eigenvalue weighted by atomic mass is 9.97. The molecule has 0 spiro atoms. The van der Waals surface area contributed by atoms with E-state index in [0.29, 0.717) is 17.5 Å². The second-order valence-corrected chi connectivity index (χ2v) is 12.3. The smallest absolute Gasteiger partial charge is 0.164 e. The summed E-state index contributed by atoms with van der Waals surface area (Å²) in [5.41, 5.74) is 9.41. The number of pyridine rings is 1. The number of hydrogen-bond acceptors (Lipinski definition) is 5. The number of benzene rings is 6. The molecule has 0 radical (unpaired) electrons. The zero-order chi connectivity index (χ0) is 33.0. The van der Waals surface area contributed by atoms with Crippen LogP contribution in [0.15, 0.2) is 168 Å². The summed E-state index contributed by atoms with van der Waals surface area (Å²) in [5.74, 6) is 1.76. The highest BCUT2D eigenvalue weighted by Gasteiger charge is 2.22. The standard InChI is InChI=1S/C44H27N5O/c1-4-13-28(14-5-1)42-46-43(29-15-6-2-7-16-29)48-44(47-42)37-26-39-36(25-35(37)30-17-12-24-45-27-30)34-23-22-33-32-20-10-11-21-38(32)49(40(33)41(34)50-39)31-18-8-3-9-19-31/h1-27H. The van der Waals surface area contributed by atoms with Crippen molar-refractivity contribution in [3.63, 3.8) is 0 Å². The van der Waals surface area contributed by atoms with Crippen molar-refractivity contribution in [2.45, 2.75) is 0 Å². The fraction of sp³-hybridized carbons (Fsp3) is 0. The first-order chi connectivity index (χ1) is 24.8. The molecule has 10 aromatic rings. The Labute approximate surface area is 287 Å². The number of aromatic nitrogens is 5. The van der Waals surface area contributed by atoms with Gasteiger partial charge in [0.2, 0.25) is 0 Å². The van der Waals surface area contributed by atoms with E-state index in [4.69, 9.17) is 19.4 Å². The molecule has 0 aliphatic carbocycles. The Morgan fingerprint density at radius 2 is 1.08 bits per heavy atom. The van der Waals surface area contributed by atoms with Gasteiger partial charge in [-0.15, -0.1) is 0 Å². The molecule has 4 aromatic heterocycles. The molecule has 0 atom stereocenters. The first-order valence-electron chi connectivity index (χ1n) is 16.6. The number of nitrogens with zero attached hydrogens (tertiary/aromatic N) is 5. The molecule has 4 heterocycles. The summed E-state index contributed by atoms with van der Waals surface area (Å²) in [6.07, 6.45) is 3.67. The van der Waals surface area contributed by atoms with E-state index in [0.717, 1.165) is 71.9 Å². The Hall–Kier alpha value is -6.92. The predicted octanol–water partition coefficient (Wildman–Crippen LogP) is 10.9. The molecule has 6 nitrogen and oxygen atoms in total. The maximum absolute atomic E-state index is 6.93. The quantitative estimate of drug-likeness (QED) is 0.187. The average Bonchev–Trinajstić information content (AvgIpc) is 3.74. The number of rotatable bonds is 5. The van der Waals surface area contributed by atoms with Gasteiger partial charge in [0.1, 0.15) is 5.58 Å². The van der Waals surface area contributed by atoms with Crippen LogP contribution in [0.1, 0.15) is 0 Å². The molecule has 0 saturated carbocycles. The lowest BCUT2D eigenvalue weighted by Crippen LogP contribution is -2.01. The number of para-hydroxylation sites is 2.